The Kier molecular flexibility index (Phi) is 5.04. The van der Waals surface area contributed by atoms with Crippen molar-refractivity contribution in [2.45, 2.75) is 13.0 Å². The third-order valence-corrected chi connectivity index (χ3v) is 3.95. The number of hydrogen-bond acceptors (Lipinski definition) is 4. The van der Waals surface area contributed by atoms with Crippen molar-refractivity contribution in [1.82, 2.24) is 15.1 Å². The van der Waals surface area contributed by atoms with Gasteiger partial charge in [-0.25, -0.2) is 13.9 Å². The van der Waals surface area contributed by atoms with Crippen molar-refractivity contribution >= 4 is 28.6 Å². The van der Waals surface area contributed by atoms with Crippen molar-refractivity contribution in [2.75, 3.05) is 11.9 Å². The molecule has 0 radical (unpaired) electrons. The maximum Gasteiger partial charge on any atom is 0.405 e. The SMILES string of the molecule is Cc1cccc(-n2ncc3c(F)cc(NC(=O)C(CO)NC(=O)O)cc32)c1. The summed E-state index contributed by atoms with van der Waals surface area (Å²) >= 11 is 0. The van der Waals surface area contributed by atoms with Crippen LogP contribution in [0.2, 0.25) is 0 Å². The normalized spacial score (nSPS) is 12.0. The number of halogens is 1. The largest absolute Gasteiger partial charge is 0.465 e. The zero-order valence-electron chi connectivity index (χ0n) is 14.3. The predicted octanol–water partition coefficient (Wildman–Crippen LogP) is 2.04. The van der Waals surface area contributed by atoms with Gasteiger partial charge < -0.3 is 20.8 Å². The quantitative estimate of drug-likeness (QED) is 0.547. The minimum atomic E-state index is -1.46. The first-order valence-corrected chi connectivity index (χ1v) is 8.04. The van der Waals surface area contributed by atoms with Crippen molar-refractivity contribution in [1.29, 1.82) is 0 Å². The van der Waals surface area contributed by atoms with Gasteiger partial charge in [0.25, 0.3) is 0 Å². The highest BCUT2D eigenvalue weighted by atomic mass is 19.1. The summed E-state index contributed by atoms with van der Waals surface area (Å²) in [7, 11) is 0. The molecule has 8 nitrogen and oxygen atoms in total. The zero-order valence-corrected chi connectivity index (χ0v) is 14.3. The van der Waals surface area contributed by atoms with Gasteiger partial charge in [0.1, 0.15) is 11.9 Å². The van der Waals surface area contributed by atoms with E-state index in [-0.39, 0.29) is 11.1 Å². The fourth-order valence-electron chi connectivity index (χ4n) is 2.69. The molecule has 3 aromatic rings. The monoisotopic (exact) mass is 372 g/mol. The molecular weight excluding hydrogens is 355 g/mol. The van der Waals surface area contributed by atoms with E-state index in [0.717, 1.165) is 17.3 Å². The lowest BCUT2D eigenvalue weighted by molar-refractivity contribution is -0.118. The Labute approximate surface area is 153 Å². The van der Waals surface area contributed by atoms with E-state index >= 15 is 0 Å². The summed E-state index contributed by atoms with van der Waals surface area (Å²) in [5.41, 5.74) is 2.29. The second-order valence-corrected chi connectivity index (χ2v) is 5.96. The van der Waals surface area contributed by atoms with E-state index in [1.807, 2.05) is 36.5 Å². The molecule has 0 spiro atoms. The molecule has 4 N–H and O–H groups in total. The van der Waals surface area contributed by atoms with E-state index in [2.05, 4.69) is 10.4 Å². The number of rotatable bonds is 5. The number of aromatic nitrogens is 2. The Balaban J connectivity index is 1.97. The van der Waals surface area contributed by atoms with Gasteiger partial charge in [-0.3, -0.25) is 4.79 Å². The molecule has 0 aliphatic carbocycles. The first kappa shape index (κ1) is 18.3. The number of anilines is 1. The number of benzene rings is 2. The maximum atomic E-state index is 14.4. The van der Waals surface area contributed by atoms with Gasteiger partial charge >= 0.3 is 6.09 Å². The molecular formula is C18H17FN4O4. The maximum absolute atomic E-state index is 14.4. The van der Waals surface area contributed by atoms with Gasteiger partial charge in [-0.05, 0) is 36.8 Å². The average Bonchev–Trinajstić information content (AvgIpc) is 3.04. The summed E-state index contributed by atoms with van der Waals surface area (Å²) in [5, 5.41) is 26.6. The Morgan fingerprint density at radius 1 is 1.30 bits per heavy atom. The lowest BCUT2D eigenvalue weighted by Gasteiger charge is -2.14. The molecule has 9 heteroatoms. The van der Waals surface area contributed by atoms with Crippen molar-refractivity contribution in [2.24, 2.45) is 0 Å². The van der Waals surface area contributed by atoms with Gasteiger partial charge in [-0.1, -0.05) is 12.1 Å². The van der Waals surface area contributed by atoms with Gasteiger partial charge in [0, 0.05) is 5.69 Å². The number of fused-ring (bicyclic) bond motifs is 1. The number of nitrogens with one attached hydrogen (secondary N) is 2. The molecule has 1 aromatic heterocycles. The first-order valence-electron chi connectivity index (χ1n) is 8.04. The van der Waals surface area contributed by atoms with Crippen LogP contribution in [-0.2, 0) is 4.79 Å². The lowest BCUT2D eigenvalue weighted by atomic mass is 10.2. The van der Waals surface area contributed by atoms with Crippen LogP contribution in [-0.4, -0.2) is 44.6 Å². The number of carboxylic acid groups (broad SMARTS) is 1. The highest BCUT2D eigenvalue weighted by Gasteiger charge is 2.20. The van der Waals surface area contributed by atoms with Crippen molar-refractivity contribution in [3.05, 3.63) is 54.0 Å². The van der Waals surface area contributed by atoms with E-state index in [9.17, 15) is 14.0 Å². The minimum absolute atomic E-state index is 0.116. The van der Waals surface area contributed by atoms with Crippen molar-refractivity contribution in [3.8, 4) is 5.69 Å². The van der Waals surface area contributed by atoms with Gasteiger partial charge in [0.2, 0.25) is 5.91 Å². The average molecular weight is 372 g/mol. The van der Waals surface area contributed by atoms with Crippen LogP contribution in [0.3, 0.4) is 0 Å². The molecule has 0 fully saturated rings. The number of carbonyl (C=O) groups is 2. The van der Waals surface area contributed by atoms with E-state index in [1.165, 1.54) is 12.3 Å². The van der Waals surface area contributed by atoms with Crippen LogP contribution in [0, 0.1) is 12.7 Å². The number of nitrogens with zero attached hydrogens (tertiary/aromatic N) is 2. The summed E-state index contributed by atoms with van der Waals surface area (Å²) in [4.78, 5) is 22.8. The zero-order chi connectivity index (χ0) is 19.6. The molecule has 0 aliphatic heterocycles. The van der Waals surface area contributed by atoms with Crippen LogP contribution in [0.25, 0.3) is 16.6 Å². The van der Waals surface area contributed by atoms with Crippen molar-refractivity contribution in [3.63, 3.8) is 0 Å². The summed E-state index contributed by atoms with van der Waals surface area (Å²) < 4.78 is 16.0. The molecule has 0 saturated heterocycles. The fourth-order valence-corrected chi connectivity index (χ4v) is 2.69. The molecule has 1 atom stereocenters. The van der Waals surface area contributed by atoms with Crippen LogP contribution in [0.4, 0.5) is 14.9 Å². The molecule has 0 bridgehead atoms. The number of carbonyl (C=O) groups excluding carboxylic acids is 1. The van der Waals surface area contributed by atoms with E-state index in [4.69, 9.17) is 10.2 Å². The highest BCUT2D eigenvalue weighted by molar-refractivity contribution is 5.98. The molecule has 1 unspecified atom stereocenters. The third kappa shape index (κ3) is 3.87. The summed E-state index contributed by atoms with van der Waals surface area (Å²) in [6.45, 7) is 1.19. The molecule has 2 amide bonds. The smallest absolute Gasteiger partial charge is 0.405 e. The number of aryl methyl sites for hydroxylation is 1. The van der Waals surface area contributed by atoms with Gasteiger partial charge in [-0.15, -0.1) is 0 Å². The third-order valence-electron chi connectivity index (χ3n) is 3.95. The molecule has 3 rings (SSSR count). The number of aliphatic hydroxyl groups excluding tert-OH is 1. The van der Waals surface area contributed by atoms with Gasteiger partial charge in [0.15, 0.2) is 0 Å². The van der Waals surface area contributed by atoms with E-state index in [0.29, 0.717) is 5.52 Å². The van der Waals surface area contributed by atoms with Crippen LogP contribution in [0.5, 0.6) is 0 Å². The summed E-state index contributed by atoms with van der Waals surface area (Å²) in [6, 6.07) is 8.74. The van der Waals surface area contributed by atoms with E-state index < -0.39 is 30.5 Å². The Hall–Kier alpha value is -3.46. The highest BCUT2D eigenvalue weighted by Crippen LogP contribution is 2.25. The molecule has 27 heavy (non-hydrogen) atoms. The summed E-state index contributed by atoms with van der Waals surface area (Å²) in [6.07, 6.45) is -0.0652. The number of amides is 2. The number of aliphatic hydroxyl groups is 1. The second-order valence-electron chi connectivity index (χ2n) is 5.96. The molecule has 140 valence electrons. The fraction of sp³-hybridized carbons (Fsp3) is 0.167. The molecule has 0 saturated carbocycles. The molecule has 2 aromatic carbocycles. The lowest BCUT2D eigenvalue weighted by Crippen LogP contribution is -2.45. The van der Waals surface area contributed by atoms with Crippen molar-refractivity contribution < 1.29 is 24.2 Å². The van der Waals surface area contributed by atoms with E-state index in [1.54, 1.807) is 4.68 Å². The topological polar surface area (TPSA) is 116 Å². The minimum Gasteiger partial charge on any atom is -0.465 e. The standard InChI is InChI=1S/C18H17FN4O4/c1-10-3-2-4-12(5-10)23-16-7-11(6-14(19)13(16)8-20-23)21-17(25)15(9-24)22-18(26)27/h2-8,15,22,24H,9H2,1H3,(H,21,25)(H,26,27). The Morgan fingerprint density at radius 2 is 2.07 bits per heavy atom. The summed E-state index contributed by atoms with van der Waals surface area (Å²) in [5.74, 6) is -1.39. The number of hydrogen-bond donors (Lipinski definition) is 4. The predicted molar refractivity (Wildman–Crippen MR) is 96.4 cm³/mol. The van der Waals surface area contributed by atoms with Gasteiger partial charge in [0.05, 0.1) is 29.4 Å². The van der Waals surface area contributed by atoms with Crippen LogP contribution in [0.15, 0.2) is 42.6 Å². The van der Waals surface area contributed by atoms with Crippen LogP contribution >= 0.6 is 0 Å². The first-order chi connectivity index (χ1) is 12.9. The van der Waals surface area contributed by atoms with Gasteiger partial charge in [-0.2, -0.15) is 5.10 Å². The molecule has 1 heterocycles. The Bertz CT molecular complexity index is 1020. The molecule has 0 aliphatic rings. The Morgan fingerprint density at radius 3 is 2.74 bits per heavy atom. The second kappa shape index (κ2) is 7.42. The van der Waals surface area contributed by atoms with Crippen LogP contribution < -0.4 is 10.6 Å². The van der Waals surface area contributed by atoms with Crippen LogP contribution in [0.1, 0.15) is 5.56 Å².